The summed E-state index contributed by atoms with van der Waals surface area (Å²) in [5, 5.41) is 3.43. The second kappa shape index (κ2) is 9.41. The lowest BCUT2D eigenvalue weighted by Crippen LogP contribution is -2.50. The van der Waals surface area contributed by atoms with Crippen molar-refractivity contribution in [3.05, 3.63) is 0 Å². The maximum absolute atomic E-state index is 11.4. The predicted molar refractivity (Wildman–Crippen MR) is 106 cm³/mol. The molecule has 2 rings (SSSR count). The third-order valence-electron chi connectivity index (χ3n) is 4.53. The van der Waals surface area contributed by atoms with Gasteiger partial charge in [0, 0.05) is 46.3 Å². The maximum Gasteiger partial charge on any atom is 0.193 e. The van der Waals surface area contributed by atoms with Crippen molar-refractivity contribution in [2.75, 3.05) is 57.8 Å². The van der Waals surface area contributed by atoms with Crippen molar-refractivity contribution < 1.29 is 8.42 Å². The number of sulfone groups is 1. The van der Waals surface area contributed by atoms with E-state index in [1.54, 1.807) is 0 Å². The normalized spacial score (nSPS) is 29.0. The second-order valence-electron chi connectivity index (χ2n) is 6.82. The molecule has 0 spiro atoms. The lowest BCUT2D eigenvalue weighted by atomic mass is 9.92. The fourth-order valence-corrected chi connectivity index (χ4v) is 4.74. The molecule has 0 bridgehead atoms. The number of hydrogen-bond donors (Lipinski definition) is 1. The van der Waals surface area contributed by atoms with Crippen LogP contribution in [0.3, 0.4) is 0 Å². The minimum Gasteiger partial charge on any atom is -0.355 e. The number of nitrogens with one attached hydrogen (secondary N) is 1. The zero-order valence-electron chi connectivity index (χ0n) is 14.5. The Kier molecular flexibility index (Phi) is 8.57. The monoisotopic (exact) mass is 458 g/mol. The van der Waals surface area contributed by atoms with Crippen LogP contribution in [0.4, 0.5) is 0 Å². The molecule has 2 atom stereocenters. The summed E-state index contributed by atoms with van der Waals surface area (Å²) in [7, 11) is -0.952. The molecule has 2 saturated heterocycles. The summed E-state index contributed by atoms with van der Waals surface area (Å²) >= 11 is 0. The molecular weight excluding hydrogens is 427 g/mol. The molecule has 136 valence electrons. The Bertz CT molecular complexity index is 474. The Hall–Kier alpha value is -0.0900. The quantitative estimate of drug-likeness (QED) is 0.387. The van der Waals surface area contributed by atoms with Crippen molar-refractivity contribution in [2.24, 2.45) is 16.8 Å². The van der Waals surface area contributed by atoms with Crippen LogP contribution in [0.5, 0.6) is 0 Å². The van der Waals surface area contributed by atoms with Crippen LogP contribution in [-0.4, -0.2) is 82.0 Å². The van der Waals surface area contributed by atoms with Crippen molar-refractivity contribution in [3.63, 3.8) is 0 Å². The van der Waals surface area contributed by atoms with Crippen LogP contribution >= 0.6 is 24.0 Å². The molecule has 2 aliphatic heterocycles. The maximum atomic E-state index is 11.4. The Labute approximate surface area is 158 Å². The minimum absolute atomic E-state index is 0. The van der Waals surface area contributed by atoms with E-state index in [9.17, 15) is 8.42 Å². The van der Waals surface area contributed by atoms with E-state index < -0.39 is 9.84 Å². The molecule has 0 saturated carbocycles. The van der Waals surface area contributed by atoms with Crippen molar-refractivity contribution in [2.45, 2.75) is 20.3 Å². The fraction of sp³-hybridized carbons (Fsp3) is 0.933. The summed E-state index contributed by atoms with van der Waals surface area (Å²) in [4.78, 5) is 8.96. The number of aliphatic imine (C=N–C) groups is 1. The average Bonchev–Trinajstić information content (AvgIpc) is 2.44. The van der Waals surface area contributed by atoms with Gasteiger partial charge in [-0.2, -0.15) is 0 Å². The van der Waals surface area contributed by atoms with Gasteiger partial charge in [-0.25, -0.2) is 8.42 Å². The zero-order valence-corrected chi connectivity index (χ0v) is 17.6. The molecule has 2 unspecified atom stereocenters. The number of likely N-dealkylation sites (tertiary alicyclic amines) is 1. The van der Waals surface area contributed by atoms with Crippen molar-refractivity contribution in [1.29, 1.82) is 0 Å². The molecule has 2 fully saturated rings. The number of nitrogens with zero attached hydrogens (tertiary/aromatic N) is 3. The van der Waals surface area contributed by atoms with Gasteiger partial charge in [-0.05, 0) is 18.3 Å². The van der Waals surface area contributed by atoms with E-state index in [1.165, 1.54) is 6.42 Å². The molecule has 8 heteroatoms. The van der Waals surface area contributed by atoms with Crippen molar-refractivity contribution in [3.8, 4) is 0 Å². The average molecular weight is 458 g/mol. The van der Waals surface area contributed by atoms with E-state index in [0.29, 0.717) is 36.4 Å². The van der Waals surface area contributed by atoms with Gasteiger partial charge in [0.15, 0.2) is 15.8 Å². The summed E-state index contributed by atoms with van der Waals surface area (Å²) in [6.07, 6.45) is 1.29. The summed E-state index contributed by atoms with van der Waals surface area (Å²) < 4.78 is 22.8. The van der Waals surface area contributed by atoms with E-state index in [1.807, 2.05) is 7.05 Å². The Balaban J connectivity index is 0.00000264. The first kappa shape index (κ1) is 21.0. The Morgan fingerprint density at radius 2 is 1.74 bits per heavy atom. The summed E-state index contributed by atoms with van der Waals surface area (Å²) in [5.74, 6) is 2.97. The van der Waals surface area contributed by atoms with Gasteiger partial charge in [0.2, 0.25) is 0 Å². The van der Waals surface area contributed by atoms with Crippen LogP contribution in [0.2, 0.25) is 0 Å². The van der Waals surface area contributed by atoms with Gasteiger partial charge in [-0.3, -0.25) is 9.89 Å². The first-order valence-electron chi connectivity index (χ1n) is 8.28. The summed E-state index contributed by atoms with van der Waals surface area (Å²) in [6.45, 7) is 9.70. The van der Waals surface area contributed by atoms with Crippen LogP contribution in [0.15, 0.2) is 4.99 Å². The van der Waals surface area contributed by atoms with E-state index in [0.717, 1.165) is 32.1 Å². The fourth-order valence-electron chi connectivity index (χ4n) is 3.47. The molecule has 0 amide bonds. The molecule has 0 aromatic carbocycles. The van der Waals surface area contributed by atoms with Gasteiger partial charge >= 0.3 is 0 Å². The molecule has 0 aromatic rings. The number of rotatable bonds is 3. The van der Waals surface area contributed by atoms with Gasteiger partial charge in [0.05, 0.1) is 11.5 Å². The van der Waals surface area contributed by atoms with E-state index in [4.69, 9.17) is 0 Å². The SMILES string of the molecule is CN=C(NCCN1CCS(=O)(=O)CC1)N1CC(C)CC(C)C1.I. The van der Waals surface area contributed by atoms with E-state index >= 15 is 0 Å². The molecule has 0 aromatic heterocycles. The Morgan fingerprint density at radius 1 is 1.17 bits per heavy atom. The third kappa shape index (κ3) is 6.74. The highest BCUT2D eigenvalue weighted by Gasteiger charge is 2.24. The molecular formula is C15H31IN4O2S. The predicted octanol–water partition coefficient (Wildman–Crippen LogP) is 0.888. The number of guanidine groups is 1. The molecule has 2 aliphatic rings. The van der Waals surface area contributed by atoms with Crippen LogP contribution < -0.4 is 5.32 Å². The molecule has 0 radical (unpaired) electrons. The standard InChI is InChI=1S/C15H30N4O2S.HI/c1-13-10-14(2)12-19(11-13)15(16-3)17-4-5-18-6-8-22(20,21)9-7-18;/h13-14H,4-12H2,1-3H3,(H,16,17);1H. The minimum atomic E-state index is -2.79. The van der Waals surface area contributed by atoms with Gasteiger partial charge < -0.3 is 10.2 Å². The van der Waals surface area contributed by atoms with Crippen LogP contribution in [-0.2, 0) is 9.84 Å². The number of halogens is 1. The summed E-state index contributed by atoms with van der Waals surface area (Å²) in [5.41, 5.74) is 0. The highest BCUT2D eigenvalue weighted by molar-refractivity contribution is 14.0. The highest BCUT2D eigenvalue weighted by Crippen LogP contribution is 2.20. The second-order valence-corrected chi connectivity index (χ2v) is 9.12. The topological polar surface area (TPSA) is 65.0 Å². The lowest BCUT2D eigenvalue weighted by molar-refractivity contribution is 0.207. The molecule has 23 heavy (non-hydrogen) atoms. The third-order valence-corrected chi connectivity index (χ3v) is 6.14. The van der Waals surface area contributed by atoms with Crippen LogP contribution in [0, 0.1) is 11.8 Å². The number of hydrogen-bond acceptors (Lipinski definition) is 4. The first-order valence-corrected chi connectivity index (χ1v) is 10.1. The Morgan fingerprint density at radius 3 is 2.26 bits per heavy atom. The van der Waals surface area contributed by atoms with Crippen LogP contribution in [0.25, 0.3) is 0 Å². The zero-order chi connectivity index (χ0) is 16.2. The molecule has 6 nitrogen and oxygen atoms in total. The molecule has 1 N–H and O–H groups in total. The lowest BCUT2D eigenvalue weighted by Gasteiger charge is -2.37. The molecule has 0 aliphatic carbocycles. The smallest absolute Gasteiger partial charge is 0.193 e. The van der Waals surface area contributed by atoms with Gasteiger partial charge in [0.25, 0.3) is 0 Å². The van der Waals surface area contributed by atoms with Crippen molar-refractivity contribution >= 4 is 39.8 Å². The van der Waals surface area contributed by atoms with Crippen molar-refractivity contribution in [1.82, 2.24) is 15.1 Å². The largest absolute Gasteiger partial charge is 0.355 e. The molecule has 2 heterocycles. The summed E-state index contributed by atoms with van der Waals surface area (Å²) in [6, 6.07) is 0. The van der Waals surface area contributed by atoms with Gasteiger partial charge in [-0.1, -0.05) is 13.8 Å². The highest BCUT2D eigenvalue weighted by atomic mass is 127. The van der Waals surface area contributed by atoms with Gasteiger partial charge in [-0.15, -0.1) is 24.0 Å². The van der Waals surface area contributed by atoms with Gasteiger partial charge in [0.1, 0.15) is 0 Å². The number of piperidine rings is 1. The van der Waals surface area contributed by atoms with E-state index in [-0.39, 0.29) is 24.0 Å². The van der Waals surface area contributed by atoms with Crippen LogP contribution in [0.1, 0.15) is 20.3 Å². The first-order chi connectivity index (χ1) is 10.4. The van der Waals surface area contributed by atoms with E-state index in [2.05, 4.69) is 34.0 Å².